The monoisotopic (exact) mass is 316 g/mol. The molecule has 0 aliphatic rings. The highest BCUT2D eigenvalue weighted by atomic mass is 16.5. The van der Waals surface area contributed by atoms with Crippen molar-refractivity contribution in [2.45, 2.75) is 20.0 Å². The van der Waals surface area contributed by atoms with Gasteiger partial charge in [0.2, 0.25) is 5.88 Å². The van der Waals surface area contributed by atoms with E-state index in [1.807, 2.05) is 38.2 Å². The first-order chi connectivity index (χ1) is 10.9. The van der Waals surface area contributed by atoms with Crippen molar-refractivity contribution in [3.63, 3.8) is 0 Å². The highest BCUT2D eigenvalue weighted by molar-refractivity contribution is 5.93. The smallest absolute Gasteiger partial charge is 0.253 e. The van der Waals surface area contributed by atoms with E-state index in [4.69, 9.17) is 4.74 Å². The summed E-state index contributed by atoms with van der Waals surface area (Å²) in [4.78, 5) is 13.4. The van der Waals surface area contributed by atoms with Crippen molar-refractivity contribution < 1.29 is 9.53 Å². The Morgan fingerprint density at radius 1 is 1.26 bits per heavy atom. The summed E-state index contributed by atoms with van der Waals surface area (Å²) in [6.07, 6.45) is 0. The van der Waals surface area contributed by atoms with Crippen molar-refractivity contribution in [3.05, 3.63) is 46.6 Å². The molecule has 0 aliphatic heterocycles. The Labute approximate surface area is 137 Å². The van der Waals surface area contributed by atoms with Gasteiger partial charge in [0.15, 0.2) is 0 Å². The predicted octanol–water partition coefficient (Wildman–Crippen LogP) is 1.73. The zero-order valence-corrected chi connectivity index (χ0v) is 14.4. The molecule has 0 unspecified atom stereocenters. The molecule has 0 fully saturated rings. The molecule has 6 heteroatoms. The topological polar surface area (TPSA) is 59.4 Å². The molecular formula is C17H24N4O2. The zero-order chi connectivity index (χ0) is 17.0. The lowest BCUT2D eigenvalue weighted by atomic mass is 10.1. The molecule has 23 heavy (non-hydrogen) atoms. The van der Waals surface area contributed by atoms with Crippen molar-refractivity contribution in [2.75, 3.05) is 21.2 Å². The Hall–Kier alpha value is -2.34. The summed E-state index contributed by atoms with van der Waals surface area (Å²) in [5.41, 5.74) is 3.85. The van der Waals surface area contributed by atoms with Gasteiger partial charge >= 0.3 is 0 Å². The number of aromatic nitrogens is 2. The molecule has 2 aromatic rings. The lowest BCUT2D eigenvalue weighted by Gasteiger charge is -2.11. The predicted molar refractivity (Wildman–Crippen MR) is 89.5 cm³/mol. The number of aryl methyl sites for hydroxylation is 2. The van der Waals surface area contributed by atoms with E-state index in [1.54, 1.807) is 30.8 Å². The fourth-order valence-corrected chi connectivity index (χ4v) is 2.49. The lowest BCUT2D eigenvalue weighted by Crippen LogP contribution is -2.21. The molecule has 1 heterocycles. The number of carbonyl (C=O) groups excluding carboxylic acids is 1. The van der Waals surface area contributed by atoms with E-state index in [0.717, 1.165) is 22.7 Å². The van der Waals surface area contributed by atoms with Gasteiger partial charge in [-0.05, 0) is 24.6 Å². The molecule has 0 saturated heterocycles. The Balaban J connectivity index is 1.96. The number of nitrogens with zero attached hydrogens (tertiary/aromatic N) is 3. The number of hydrogen-bond acceptors (Lipinski definition) is 4. The van der Waals surface area contributed by atoms with Gasteiger partial charge in [-0.25, -0.2) is 4.68 Å². The molecule has 0 atom stereocenters. The largest absolute Gasteiger partial charge is 0.481 e. The standard InChI is InChI=1S/C17H24N4O2/c1-12-15(17(23-5)21(4)19-12)11-18-10-13-6-8-14(9-7-13)16(22)20(2)3/h6-9,18H,10-11H2,1-5H3. The van der Waals surface area contributed by atoms with Crippen LogP contribution in [0.25, 0.3) is 0 Å². The van der Waals surface area contributed by atoms with Crippen LogP contribution >= 0.6 is 0 Å². The van der Waals surface area contributed by atoms with E-state index in [1.165, 1.54) is 0 Å². The lowest BCUT2D eigenvalue weighted by molar-refractivity contribution is 0.0827. The summed E-state index contributed by atoms with van der Waals surface area (Å²) in [6.45, 7) is 3.37. The summed E-state index contributed by atoms with van der Waals surface area (Å²) in [6, 6.07) is 7.65. The summed E-state index contributed by atoms with van der Waals surface area (Å²) in [5.74, 6) is 0.794. The van der Waals surface area contributed by atoms with Gasteiger partial charge in [0.25, 0.3) is 5.91 Å². The van der Waals surface area contributed by atoms with E-state index in [-0.39, 0.29) is 5.91 Å². The van der Waals surface area contributed by atoms with E-state index < -0.39 is 0 Å². The van der Waals surface area contributed by atoms with Crippen LogP contribution in [-0.2, 0) is 20.1 Å². The van der Waals surface area contributed by atoms with E-state index in [2.05, 4.69) is 10.4 Å². The molecule has 1 aromatic carbocycles. The molecule has 0 aliphatic carbocycles. The number of methoxy groups -OCH3 is 1. The van der Waals surface area contributed by atoms with Gasteiger partial charge in [0, 0.05) is 39.8 Å². The normalized spacial score (nSPS) is 10.7. The number of benzene rings is 1. The third-order valence-corrected chi connectivity index (χ3v) is 3.72. The van der Waals surface area contributed by atoms with Gasteiger partial charge in [-0.1, -0.05) is 12.1 Å². The fourth-order valence-electron chi connectivity index (χ4n) is 2.49. The van der Waals surface area contributed by atoms with Crippen molar-refractivity contribution >= 4 is 5.91 Å². The third-order valence-electron chi connectivity index (χ3n) is 3.72. The molecule has 2 rings (SSSR count). The first-order valence-electron chi connectivity index (χ1n) is 7.51. The summed E-state index contributed by atoms with van der Waals surface area (Å²) < 4.78 is 7.13. The SMILES string of the molecule is COc1c(CNCc2ccc(C(=O)N(C)C)cc2)c(C)nn1C. The molecule has 6 nitrogen and oxygen atoms in total. The zero-order valence-electron chi connectivity index (χ0n) is 14.4. The fraction of sp³-hybridized carbons (Fsp3) is 0.412. The molecule has 0 bridgehead atoms. The third kappa shape index (κ3) is 3.90. The molecule has 1 N–H and O–H groups in total. The number of rotatable bonds is 6. The minimum absolute atomic E-state index is 0.0141. The van der Waals surface area contributed by atoms with E-state index >= 15 is 0 Å². The van der Waals surface area contributed by atoms with Crippen LogP contribution in [0.5, 0.6) is 5.88 Å². The molecular weight excluding hydrogens is 292 g/mol. The van der Waals surface area contributed by atoms with Crippen LogP contribution in [0.4, 0.5) is 0 Å². The minimum atomic E-state index is 0.0141. The number of carbonyl (C=O) groups is 1. The maximum atomic E-state index is 11.9. The van der Waals surface area contributed by atoms with Gasteiger partial charge in [-0.15, -0.1) is 0 Å². The van der Waals surface area contributed by atoms with Crippen molar-refractivity contribution in [3.8, 4) is 5.88 Å². The van der Waals surface area contributed by atoms with Crippen molar-refractivity contribution in [1.82, 2.24) is 20.0 Å². The molecule has 124 valence electrons. The highest BCUT2D eigenvalue weighted by Gasteiger charge is 2.13. The Bertz CT molecular complexity index is 675. The Morgan fingerprint density at radius 2 is 1.91 bits per heavy atom. The van der Waals surface area contributed by atoms with Gasteiger partial charge < -0.3 is 15.0 Å². The van der Waals surface area contributed by atoms with Crippen LogP contribution in [0.15, 0.2) is 24.3 Å². The van der Waals surface area contributed by atoms with Crippen LogP contribution < -0.4 is 10.1 Å². The van der Waals surface area contributed by atoms with Crippen molar-refractivity contribution in [2.24, 2.45) is 7.05 Å². The van der Waals surface area contributed by atoms with Crippen LogP contribution in [0.2, 0.25) is 0 Å². The van der Waals surface area contributed by atoms with Gasteiger partial charge in [-0.3, -0.25) is 4.79 Å². The van der Waals surface area contributed by atoms with Gasteiger partial charge in [-0.2, -0.15) is 5.10 Å². The molecule has 0 spiro atoms. The van der Waals surface area contributed by atoms with Crippen LogP contribution in [0.3, 0.4) is 0 Å². The van der Waals surface area contributed by atoms with E-state index in [0.29, 0.717) is 18.7 Å². The molecule has 1 amide bonds. The second kappa shape index (κ2) is 7.28. The van der Waals surface area contributed by atoms with E-state index in [9.17, 15) is 4.79 Å². The summed E-state index contributed by atoms with van der Waals surface area (Å²) >= 11 is 0. The number of hydrogen-bond donors (Lipinski definition) is 1. The second-order valence-electron chi connectivity index (χ2n) is 5.70. The first kappa shape index (κ1) is 17.0. The molecule has 0 radical (unpaired) electrons. The Kier molecular flexibility index (Phi) is 5.39. The highest BCUT2D eigenvalue weighted by Crippen LogP contribution is 2.20. The van der Waals surface area contributed by atoms with Crippen molar-refractivity contribution in [1.29, 1.82) is 0 Å². The molecule has 0 saturated carbocycles. The minimum Gasteiger partial charge on any atom is -0.481 e. The second-order valence-corrected chi connectivity index (χ2v) is 5.70. The molecule has 1 aromatic heterocycles. The van der Waals surface area contributed by atoms with Gasteiger partial charge in [0.05, 0.1) is 18.4 Å². The average molecular weight is 316 g/mol. The summed E-state index contributed by atoms with van der Waals surface area (Å²) in [7, 11) is 7.03. The quantitative estimate of drug-likeness (QED) is 0.882. The number of ether oxygens (including phenoxy) is 1. The maximum absolute atomic E-state index is 11.9. The number of amides is 1. The van der Waals surface area contributed by atoms with Crippen LogP contribution in [0, 0.1) is 6.92 Å². The number of nitrogens with one attached hydrogen (secondary N) is 1. The summed E-state index contributed by atoms with van der Waals surface area (Å²) in [5, 5.41) is 7.75. The van der Waals surface area contributed by atoms with Gasteiger partial charge in [0.1, 0.15) is 0 Å². The van der Waals surface area contributed by atoms with Crippen LogP contribution in [0.1, 0.15) is 27.2 Å². The maximum Gasteiger partial charge on any atom is 0.253 e. The average Bonchev–Trinajstić information content (AvgIpc) is 2.80. The first-order valence-corrected chi connectivity index (χ1v) is 7.51. The van der Waals surface area contributed by atoms with Crippen LogP contribution in [-0.4, -0.2) is 41.8 Å². The Morgan fingerprint density at radius 3 is 2.48 bits per heavy atom.